The van der Waals surface area contributed by atoms with E-state index in [0.29, 0.717) is 12.2 Å². The Balaban J connectivity index is 3.74. The maximum Gasteiger partial charge on any atom is 0.334 e. The van der Waals surface area contributed by atoms with Crippen LogP contribution >= 0.6 is 15.9 Å². The van der Waals surface area contributed by atoms with Gasteiger partial charge in [-0.05, 0) is 18.8 Å². The minimum Gasteiger partial charge on any atom is -0.463 e. The molecule has 9 heavy (non-hydrogen) atoms. The lowest BCUT2D eigenvalue weighted by Gasteiger charge is -1.97. The van der Waals surface area contributed by atoms with Crippen LogP contribution in [0.3, 0.4) is 0 Å². The summed E-state index contributed by atoms with van der Waals surface area (Å²) in [6.07, 6.45) is 0. The van der Waals surface area contributed by atoms with Crippen LogP contribution in [0, 0.1) is 0 Å². The number of carbonyl (C=O) groups excluding carboxylic acids is 1. The molecule has 0 fully saturated rings. The van der Waals surface area contributed by atoms with Gasteiger partial charge in [0.25, 0.3) is 0 Å². The van der Waals surface area contributed by atoms with Crippen molar-refractivity contribution >= 4 is 21.9 Å². The number of carbonyl (C=O) groups is 1. The molecule has 0 N–H and O–H groups in total. The third-order valence-electron chi connectivity index (χ3n) is 0.761. The summed E-state index contributed by atoms with van der Waals surface area (Å²) >= 11 is 3.02. The fourth-order valence-corrected chi connectivity index (χ4v) is 0.476. The van der Waals surface area contributed by atoms with Gasteiger partial charge in [-0.3, -0.25) is 0 Å². The fraction of sp³-hybridized carbons (Fsp3) is 0.500. The zero-order valence-corrected chi connectivity index (χ0v) is 7.06. The molecule has 0 aromatic rings. The van der Waals surface area contributed by atoms with E-state index in [1.807, 2.05) is 0 Å². The van der Waals surface area contributed by atoms with Crippen LogP contribution in [-0.4, -0.2) is 12.6 Å². The number of hydrogen-bond acceptors (Lipinski definition) is 2. The first-order chi connectivity index (χ1) is 4.22. The number of esters is 1. The molecule has 0 aromatic heterocycles. The van der Waals surface area contributed by atoms with E-state index >= 15 is 0 Å². The minimum atomic E-state index is -0.269. The van der Waals surface area contributed by atoms with Crippen molar-refractivity contribution < 1.29 is 9.53 Å². The summed E-state index contributed by atoms with van der Waals surface area (Å²) in [5.74, 6) is -0.269. The highest BCUT2D eigenvalue weighted by molar-refractivity contribution is 9.11. The minimum absolute atomic E-state index is 0.269. The van der Waals surface area contributed by atoms with E-state index in [4.69, 9.17) is 0 Å². The smallest absolute Gasteiger partial charge is 0.334 e. The molecule has 0 heterocycles. The molecule has 0 unspecified atom stereocenters. The predicted molar refractivity (Wildman–Crippen MR) is 39.3 cm³/mol. The van der Waals surface area contributed by atoms with Crippen LogP contribution in [0.5, 0.6) is 0 Å². The Morgan fingerprint density at radius 3 is 2.67 bits per heavy atom. The zero-order valence-electron chi connectivity index (χ0n) is 5.48. The Morgan fingerprint density at radius 2 is 2.33 bits per heavy atom. The first-order valence-electron chi connectivity index (χ1n) is 2.66. The summed E-state index contributed by atoms with van der Waals surface area (Å²) in [7, 11) is 0. The fourth-order valence-electron chi connectivity index (χ4n) is 0.289. The van der Waals surface area contributed by atoms with Crippen molar-refractivity contribution in [3.63, 3.8) is 0 Å². The SMILES string of the molecule is CCOC(=O)C(C)=CBr. The van der Waals surface area contributed by atoms with Gasteiger partial charge in [-0.2, -0.15) is 0 Å². The Bertz CT molecular complexity index is 129. The maximum atomic E-state index is 10.7. The van der Waals surface area contributed by atoms with Gasteiger partial charge in [0.2, 0.25) is 0 Å². The average Bonchev–Trinajstić information content (AvgIpc) is 1.87. The Morgan fingerprint density at radius 1 is 1.78 bits per heavy atom. The third-order valence-corrected chi connectivity index (χ3v) is 1.45. The van der Waals surface area contributed by atoms with Crippen LogP contribution in [-0.2, 0) is 9.53 Å². The highest BCUT2D eigenvalue weighted by Crippen LogP contribution is 1.99. The van der Waals surface area contributed by atoms with Crippen molar-refractivity contribution in [3.8, 4) is 0 Å². The largest absolute Gasteiger partial charge is 0.463 e. The topological polar surface area (TPSA) is 26.3 Å². The summed E-state index contributed by atoms with van der Waals surface area (Å²) in [5.41, 5.74) is 0.580. The molecule has 2 nitrogen and oxygen atoms in total. The number of rotatable bonds is 2. The summed E-state index contributed by atoms with van der Waals surface area (Å²) < 4.78 is 4.66. The molecule has 0 spiro atoms. The van der Waals surface area contributed by atoms with Crippen LogP contribution in [0.25, 0.3) is 0 Å². The third kappa shape index (κ3) is 3.30. The van der Waals surface area contributed by atoms with Crippen LogP contribution < -0.4 is 0 Å². The normalized spacial score (nSPS) is 11.2. The van der Waals surface area contributed by atoms with E-state index in [0.717, 1.165) is 0 Å². The standard InChI is InChI=1S/C6H9BrO2/c1-3-9-6(8)5(2)4-7/h4H,3H2,1-2H3. The van der Waals surface area contributed by atoms with Crippen molar-refractivity contribution in [3.05, 3.63) is 10.6 Å². The van der Waals surface area contributed by atoms with Crippen molar-refractivity contribution in [2.75, 3.05) is 6.61 Å². The quantitative estimate of drug-likeness (QED) is 0.494. The van der Waals surface area contributed by atoms with E-state index in [2.05, 4.69) is 20.7 Å². The lowest BCUT2D eigenvalue weighted by Crippen LogP contribution is -2.03. The Hall–Kier alpha value is -0.310. The van der Waals surface area contributed by atoms with E-state index in [1.54, 1.807) is 18.8 Å². The molecule has 0 amide bonds. The summed E-state index contributed by atoms with van der Waals surface area (Å²) in [6, 6.07) is 0. The first kappa shape index (κ1) is 8.69. The number of ether oxygens (including phenoxy) is 1. The lowest BCUT2D eigenvalue weighted by atomic mass is 10.4. The molecule has 52 valence electrons. The molecule has 0 aromatic carbocycles. The van der Waals surface area contributed by atoms with Crippen molar-refractivity contribution in [2.45, 2.75) is 13.8 Å². The van der Waals surface area contributed by atoms with Crippen molar-refractivity contribution in [2.24, 2.45) is 0 Å². The van der Waals surface area contributed by atoms with Gasteiger partial charge in [-0.15, -0.1) is 0 Å². The number of hydrogen-bond donors (Lipinski definition) is 0. The molecular formula is C6H9BrO2. The van der Waals surface area contributed by atoms with Gasteiger partial charge in [0, 0.05) is 5.57 Å². The zero-order chi connectivity index (χ0) is 7.28. The second-order valence-electron chi connectivity index (χ2n) is 1.51. The first-order valence-corrected chi connectivity index (χ1v) is 3.58. The van der Waals surface area contributed by atoms with Crippen LogP contribution in [0.15, 0.2) is 10.6 Å². The lowest BCUT2D eigenvalue weighted by molar-refractivity contribution is -0.138. The van der Waals surface area contributed by atoms with Gasteiger partial charge in [0.15, 0.2) is 0 Å². The van der Waals surface area contributed by atoms with E-state index in [1.165, 1.54) is 0 Å². The highest BCUT2D eigenvalue weighted by Gasteiger charge is 2.01. The second kappa shape index (κ2) is 4.56. The molecule has 0 aliphatic rings. The predicted octanol–water partition coefficient (Wildman–Crippen LogP) is 1.85. The van der Waals surface area contributed by atoms with Crippen molar-refractivity contribution in [1.82, 2.24) is 0 Å². The monoisotopic (exact) mass is 192 g/mol. The molecule has 3 heteroatoms. The second-order valence-corrected chi connectivity index (χ2v) is 1.97. The number of halogens is 1. The molecule has 0 rings (SSSR count). The van der Waals surface area contributed by atoms with Gasteiger partial charge in [0.05, 0.1) is 6.61 Å². The Kier molecular flexibility index (Phi) is 4.40. The van der Waals surface area contributed by atoms with E-state index in [-0.39, 0.29) is 5.97 Å². The van der Waals surface area contributed by atoms with Gasteiger partial charge >= 0.3 is 5.97 Å². The van der Waals surface area contributed by atoms with Crippen LogP contribution in [0.1, 0.15) is 13.8 Å². The molecule has 0 saturated heterocycles. The molecule has 0 saturated carbocycles. The molecule has 0 atom stereocenters. The van der Waals surface area contributed by atoms with Gasteiger partial charge in [-0.1, -0.05) is 15.9 Å². The van der Waals surface area contributed by atoms with Crippen LogP contribution in [0.4, 0.5) is 0 Å². The molecule has 0 bridgehead atoms. The molecule has 0 aliphatic heterocycles. The van der Waals surface area contributed by atoms with Gasteiger partial charge in [-0.25, -0.2) is 4.79 Å². The summed E-state index contributed by atoms with van der Waals surface area (Å²) in [5, 5.41) is 0. The van der Waals surface area contributed by atoms with Crippen molar-refractivity contribution in [1.29, 1.82) is 0 Å². The Labute approximate surface area is 63.0 Å². The maximum absolute atomic E-state index is 10.7. The van der Waals surface area contributed by atoms with Gasteiger partial charge in [0.1, 0.15) is 0 Å². The van der Waals surface area contributed by atoms with Gasteiger partial charge < -0.3 is 4.74 Å². The molecular weight excluding hydrogens is 184 g/mol. The molecule has 0 radical (unpaired) electrons. The average molecular weight is 193 g/mol. The van der Waals surface area contributed by atoms with E-state index < -0.39 is 0 Å². The summed E-state index contributed by atoms with van der Waals surface area (Å²) in [6.45, 7) is 3.89. The van der Waals surface area contributed by atoms with E-state index in [9.17, 15) is 4.79 Å². The summed E-state index contributed by atoms with van der Waals surface area (Å²) in [4.78, 5) is 12.2. The molecule has 0 aliphatic carbocycles. The highest BCUT2D eigenvalue weighted by atomic mass is 79.9. The van der Waals surface area contributed by atoms with Crippen LogP contribution in [0.2, 0.25) is 0 Å².